The molecule has 0 aromatic heterocycles. The normalized spacial score (nSPS) is 17.0. The highest BCUT2D eigenvalue weighted by molar-refractivity contribution is 5.34. The molecule has 0 nitrogen and oxygen atoms in total. The van der Waals surface area contributed by atoms with E-state index in [1.165, 1.54) is 6.92 Å². The van der Waals surface area contributed by atoms with Gasteiger partial charge in [-0.3, -0.25) is 0 Å². The maximum Gasteiger partial charge on any atom is 0.457 e. The monoisotopic (exact) mass is 448 g/mol. The van der Waals surface area contributed by atoms with Gasteiger partial charge in [-0.05, 0) is 17.9 Å². The molecule has 0 fully saturated rings. The maximum atomic E-state index is 14.1. The highest BCUT2D eigenvalue weighted by Crippen LogP contribution is 2.52. The van der Waals surface area contributed by atoms with Crippen molar-refractivity contribution in [2.75, 3.05) is 0 Å². The van der Waals surface area contributed by atoms with Crippen LogP contribution in [0.3, 0.4) is 0 Å². The van der Waals surface area contributed by atoms with E-state index in [1.807, 2.05) is 0 Å². The van der Waals surface area contributed by atoms with Gasteiger partial charge in [0.15, 0.2) is 0 Å². The van der Waals surface area contributed by atoms with E-state index in [1.54, 1.807) is 6.92 Å². The van der Waals surface area contributed by atoms with Crippen molar-refractivity contribution in [3.8, 4) is 0 Å². The lowest BCUT2D eigenvalue weighted by atomic mass is 9.79. The molecular formula is C18H23F11. The van der Waals surface area contributed by atoms with Crippen LogP contribution in [0.5, 0.6) is 0 Å². The fourth-order valence-electron chi connectivity index (χ4n) is 3.02. The first-order chi connectivity index (χ1) is 12.9. The standard InChI is InChI=1S/C18H23F11/c1-4-7-8-11(5-2)9-13(17(24,25)26)14(16(22,23)18(27,28)29)12(6-3)10-15(19,20)21/h6,11,13H,3-5,7-10H2,1-2H3. The molecule has 0 radical (unpaired) electrons. The Morgan fingerprint density at radius 2 is 1.41 bits per heavy atom. The van der Waals surface area contributed by atoms with E-state index in [4.69, 9.17) is 0 Å². The number of hydrogen-bond donors (Lipinski definition) is 0. The number of alkyl halides is 11. The Bertz CT molecular complexity index is 550. The maximum absolute atomic E-state index is 14.1. The zero-order chi connectivity index (χ0) is 23.3. The molecule has 0 aromatic carbocycles. The summed E-state index contributed by atoms with van der Waals surface area (Å²) in [5, 5.41) is 0. The van der Waals surface area contributed by atoms with Crippen molar-refractivity contribution in [1.29, 1.82) is 0 Å². The van der Waals surface area contributed by atoms with Crippen molar-refractivity contribution in [2.45, 2.75) is 76.8 Å². The van der Waals surface area contributed by atoms with Crippen LogP contribution in [0.2, 0.25) is 0 Å². The first-order valence-corrected chi connectivity index (χ1v) is 8.86. The summed E-state index contributed by atoms with van der Waals surface area (Å²) in [4.78, 5) is 0. The van der Waals surface area contributed by atoms with Gasteiger partial charge in [-0.1, -0.05) is 52.2 Å². The third-order valence-corrected chi connectivity index (χ3v) is 4.53. The summed E-state index contributed by atoms with van der Waals surface area (Å²) in [6.45, 7) is 5.89. The van der Waals surface area contributed by atoms with Gasteiger partial charge in [0.1, 0.15) is 0 Å². The van der Waals surface area contributed by atoms with Crippen molar-refractivity contribution >= 4 is 0 Å². The van der Waals surface area contributed by atoms with Gasteiger partial charge < -0.3 is 0 Å². The van der Waals surface area contributed by atoms with Crippen molar-refractivity contribution in [3.63, 3.8) is 0 Å². The molecule has 0 aliphatic carbocycles. The fraction of sp³-hybridized carbons (Fsp3) is 0.778. The van der Waals surface area contributed by atoms with Crippen LogP contribution >= 0.6 is 0 Å². The third kappa shape index (κ3) is 8.16. The highest BCUT2D eigenvalue weighted by Gasteiger charge is 2.65. The SMILES string of the molecule is C=CC(CC(F)(F)F)=C(C(CC(CC)CCCC)C(F)(F)F)C(F)(F)C(F)(F)F. The van der Waals surface area contributed by atoms with Crippen molar-refractivity contribution in [1.82, 2.24) is 0 Å². The van der Waals surface area contributed by atoms with Gasteiger partial charge in [0, 0.05) is 5.57 Å². The van der Waals surface area contributed by atoms with Crippen molar-refractivity contribution in [3.05, 3.63) is 23.8 Å². The van der Waals surface area contributed by atoms with E-state index in [0.29, 0.717) is 12.8 Å². The Balaban J connectivity index is 6.71. The molecule has 0 aliphatic heterocycles. The lowest BCUT2D eigenvalue weighted by Gasteiger charge is -2.34. The minimum absolute atomic E-state index is 0.00575. The summed E-state index contributed by atoms with van der Waals surface area (Å²) < 4.78 is 146. The summed E-state index contributed by atoms with van der Waals surface area (Å²) >= 11 is 0. The molecule has 0 N–H and O–H groups in total. The second-order valence-electron chi connectivity index (χ2n) is 6.75. The number of unbranched alkanes of at least 4 members (excludes halogenated alkanes) is 1. The second kappa shape index (κ2) is 10.1. The Hall–Kier alpha value is -1.29. The predicted molar refractivity (Wildman–Crippen MR) is 86.4 cm³/mol. The average molecular weight is 448 g/mol. The molecule has 0 saturated carbocycles. The molecule has 2 atom stereocenters. The van der Waals surface area contributed by atoms with Crippen LogP contribution in [0.25, 0.3) is 0 Å². The molecule has 0 heterocycles. The van der Waals surface area contributed by atoms with Crippen molar-refractivity contribution in [2.24, 2.45) is 11.8 Å². The summed E-state index contributed by atoms with van der Waals surface area (Å²) in [5.74, 6) is -10.4. The zero-order valence-electron chi connectivity index (χ0n) is 15.8. The van der Waals surface area contributed by atoms with Crippen LogP contribution in [0.1, 0.15) is 52.4 Å². The Kier molecular flexibility index (Phi) is 9.70. The third-order valence-electron chi connectivity index (χ3n) is 4.53. The molecule has 0 aliphatic rings. The largest absolute Gasteiger partial charge is 0.457 e. The van der Waals surface area contributed by atoms with Gasteiger partial charge in [-0.2, -0.15) is 48.3 Å². The number of rotatable bonds is 10. The molecule has 29 heavy (non-hydrogen) atoms. The molecule has 2 unspecified atom stereocenters. The van der Waals surface area contributed by atoms with Crippen LogP contribution in [0.4, 0.5) is 48.3 Å². The van der Waals surface area contributed by atoms with Gasteiger partial charge in [-0.25, -0.2) is 0 Å². The molecule has 0 amide bonds. The van der Waals surface area contributed by atoms with E-state index in [0.717, 1.165) is 0 Å². The summed E-state index contributed by atoms with van der Waals surface area (Å²) in [6.07, 6.45) is -19.9. The Morgan fingerprint density at radius 1 is 0.897 bits per heavy atom. The van der Waals surface area contributed by atoms with Crippen LogP contribution in [0, 0.1) is 11.8 Å². The fourth-order valence-corrected chi connectivity index (χ4v) is 3.02. The van der Waals surface area contributed by atoms with Crippen LogP contribution in [-0.4, -0.2) is 24.5 Å². The summed E-state index contributed by atoms with van der Waals surface area (Å²) in [6, 6.07) is 0. The second-order valence-corrected chi connectivity index (χ2v) is 6.75. The van der Waals surface area contributed by atoms with Gasteiger partial charge in [0.05, 0.1) is 12.3 Å². The lowest BCUT2D eigenvalue weighted by Crippen LogP contribution is -2.45. The molecule has 172 valence electrons. The first kappa shape index (κ1) is 27.7. The van der Waals surface area contributed by atoms with Crippen LogP contribution < -0.4 is 0 Å². The molecule has 0 bridgehead atoms. The lowest BCUT2D eigenvalue weighted by molar-refractivity contribution is -0.275. The van der Waals surface area contributed by atoms with E-state index in [2.05, 4.69) is 6.58 Å². The topological polar surface area (TPSA) is 0 Å². The Labute approximate surface area is 161 Å². The zero-order valence-corrected chi connectivity index (χ0v) is 15.8. The van der Waals surface area contributed by atoms with E-state index >= 15 is 0 Å². The van der Waals surface area contributed by atoms with Gasteiger partial charge in [0.2, 0.25) is 0 Å². The quantitative estimate of drug-likeness (QED) is 0.233. The molecule has 0 rings (SSSR count). The van der Waals surface area contributed by atoms with Crippen LogP contribution in [-0.2, 0) is 0 Å². The van der Waals surface area contributed by atoms with Crippen LogP contribution in [0.15, 0.2) is 23.8 Å². The smallest absolute Gasteiger partial charge is 0.191 e. The minimum Gasteiger partial charge on any atom is -0.191 e. The summed E-state index contributed by atoms with van der Waals surface area (Å²) in [7, 11) is 0. The van der Waals surface area contributed by atoms with Gasteiger partial charge >= 0.3 is 24.5 Å². The first-order valence-electron chi connectivity index (χ1n) is 8.86. The van der Waals surface area contributed by atoms with E-state index < -0.39 is 60.3 Å². The minimum atomic E-state index is -6.50. The number of allylic oxidation sites excluding steroid dienone is 3. The highest BCUT2D eigenvalue weighted by atomic mass is 19.4. The number of hydrogen-bond acceptors (Lipinski definition) is 0. The average Bonchev–Trinajstić information content (AvgIpc) is 2.52. The number of halogens is 11. The molecule has 0 saturated heterocycles. The molecule has 0 aromatic rings. The van der Waals surface area contributed by atoms with E-state index in [-0.39, 0.29) is 18.9 Å². The van der Waals surface area contributed by atoms with E-state index in [9.17, 15) is 48.3 Å². The predicted octanol–water partition coefficient (Wildman–Crippen LogP) is 8.40. The van der Waals surface area contributed by atoms with Gasteiger partial charge in [-0.15, -0.1) is 0 Å². The Morgan fingerprint density at radius 3 is 1.72 bits per heavy atom. The molecule has 11 heteroatoms. The van der Waals surface area contributed by atoms with Gasteiger partial charge in [0.25, 0.3) is 0 Å². The summed E-state index contributed by atoms with van der Waals surface area (Å²) in [5.41, 5.74) is -4.44. The molecular weight excluding hydrogens is 425 g/mol. The van der Waals surface area contributed by atoms with Crippen molar-refractivity contribution < 1.29 is 48.3 Å². The molecule has 0 spiro atoms.